The van der Waals surface area contributed by atoms with Gasteiger partial charge in [0.2, 0.25) is 0 Å². The number of hydrogen-bond acceptors (Lipinski definition) is 3. The molecule has 66 valence electrons. The molecule has 1 heterocycles. The topological polar surface area (TPSA) is 44.7 Å². The molecule has 1 aromatic carbocycles. The van der Waals surface area contributed by atoms with Crippen molar-refractivity contribution < 1.29 is 4.79 Å². The summed E-state index contributed by atoms with van der Waals surface area (Å²) in [6, 6.07) is 7.24. The second-order valence-electron chi connectivity index (χ2n) is 2.81. The number of nitrogens with one attached hydrogen (secondary N) is 1. The van der Waals surface area contributed by atoms with Crippen molar-refractivity contribution >= 4 is 17.9 Å². The minimum atomic E-state index is -0.129. The van der Waals surface area contributed by atoms with Crippen molar-refractivity contribution in [3.63, 3.8) is 0 Å². The molecule has 1 aromatic rings. The highest BCUT2D eigenvalue weighted by molar-refractivity contribution is 6.00. The van der Waals surface area contributed by atoms with Crippen LogP contribution in [0.3, 0.4) is 0 Å². The molecule has 2 rings (SSSR count). The molecule has 1 aliphatic rings. The summed E-state index contributed by atoms with van der Waals surface area (Å²) in [6.07, 6.45) is 1.57. The number of amides is 1. The zero-order valence-corrected chi connectivity index (χ0v) is 7.19. The van der Waals surface area contributed by atoms with Gasteiger partial charge in [-0.2, -0.15) is 0 Å². The zero-order valence-electron chi connectivity index (χ0n) is 7.19. The summed E-state index contributed by atoms with van der Waals surface area (Å²) in [5.41, 5.74) is 3.94. The van der Waals surface area contributed by atoms with Crippen molar-refractivity contribution in [2.75, 3.05) is 7.05 Å². The highest BCUT2D eigenvalue weighted by Crippen LogP contribution is 2.19. The molecular weight excluding hydrogens is 166 g/mol. The Morgan fingerprint density at radius 3 is 3.00 bits per heavy atom. The fourth-order valence-electron chi connectivity index (χ4n) is 1.18. The van der Waals surface area contributed by atoms with Crippen LogP contribution in [0.1, 0.15) is 10.4 Å². The molecule has 4 heteroatoms. The Kier molecular flexibility index (Phi) is 1.73. The van der Waals surface area contributed by atoms with Gasteiger partial charge < -0.3 is 0 Å². The van der Waals surface area contributed by atoms with E-state index in [1.165, 1.54) is 5.01 Å². The van der Waals surface area contributed by atoms with Crippen LogP contribution in [0.4, 0.5) is 5.69 Å². The molecule has 0 aliphatic carbocycles. The summed E-state index contributed by atoms with van der Waals surface area (Å²) < 4.78 is 0. The van der Waals surface area contributed by atoms with Crippen molar-refractivity contribution in [3.05, 3.63) is 29.8 Å². The first-order chi connectivity index (χ1) is 6.27. The molecule has 0 saturated heterocycles. The quantitative estimate of drug-likeness (QED) is 0.637. The van der Waals surface area contributed by atoms with E-state index in [9.17, 15) is 4.79 Å². The number of nitrogens with zero attached hydrogens (tertiary/aromatic N) is 2. The van der Waals surface area contributed by atoms with Crippen LogP contribution in [0.15, 0.2) is 29.3 Å². The van der Waals surface area contributed by atoms with Gasteiger partial charge >= 0.3 is 0 Å². The Bertz CT molecular complexity index is 373. The summed E-state index contributed by atoms with van der Waals surface area (Å²) in [5.74, 6) is -0.129. The van der Waals surface area contributed by atoms with Gasteiger partial charge in [-0.15, -0.1) is 0 Å². The molecule has 0 radical (unpaired) electrons. The first kappa shape index (κ1) is 7.79. The van der Waals surface area contributed by atoms with Crippen LogP contribution in [0.2, 0.25) is 0 Å². The van der Waals surface area contributed by atoms with Gasteiger partial charge in [-0.25, -0.2) is 4.99 Å². The summed E-state index contributed by atoms with van der Waals surface area (Å²) in [7, 11) is 1.73. The Labute approximate surface area is 75.9 Å². The van der Waals surface area contributed by atoms with Gasteiger partial charge in [0.1, 0.15) is 6.34 Å². The lowest BCUT2D eigenvalue weighted by molar-refractivity contribution is 0.0893. The van der Waals surface area contributed by atoms with Crippen LogP contribution in [-0.4, -0.2) is 24.3 Å². The van der Waals surface area contributed by atoms with Gasteiger partial charge in [0, 0.05) is 7.05 Å². The second kappa shape index (κ2) is 2.90. The normalized spacial score (nSPS) is 14.8. The van der Waals surface area contributed by atoms with Crippen LogP contribution in [0, 0.1) is 0 Å². The first-order valence-corrected chi connectivity index (χ1v) is 3.94. The molecule has 1 N–H and O–H groups in total. The van der Waals surface area contributed by atoms with E-state index in [2.05, 4.69) is 10.4 Å². The SMILES string of the molecule is CN1C=Nc2ccccc2C(=O)N1. The lowest BCUT2D eigenvalue weighted by Crippen LogP contribution is -2.36. The van der Waals surface area contributed by atoms with Crippen LogP contribution >= 0.6 is 0 Å². The maximum absolute atomic E-state index is 11.5. The molecule has 0 aromatic heterocycles. The minimum Gasteiger partial charge on any atom is -0.277 e. The molecule has 4 nitrogen and oxygen atoms in total. The number of aliphatic imine (C=N–C) groups is 1. The molecule has 0 spiro atoms. The lowest BCUT2D eigenvalue weighted by atomic mass is 10.2. The van der Waals surface area contributed by atoms with E-state index in [0.29, 0.717) is 11.3 Å². The van der Waals surface area contributed by atoms with E-state index in [-0.39, 0.29) is 5.91 Å². The average molecular weight is 175 g/mol. The molecule has 0 bridgehead atoms. The van der Waals surface area contributed by atoms with Gasteiger partial charge in [-0.1, -0.05) is 12.1 Å². The molecule has 0 unspecified atom stereocenters. The number of fused-ring (bicyclic) bond motifs is 1. The molecule has 1 aliphatic heterocycles. The highest BCUT2D eigenvalue weighted by atomic mass is 16.2. The molecule has 0 saturated carbocycles. The Morgan fingerprint density at radius 2 is 2.15 bits per heavy atom. The smallest absolute Gasteiger partial charge is 0.272 e. The van der Waals surface area contributed by atoms with E-state index in [0.717, 1.165) is 0 Å². The second-order valence-corrected chi connectivity index (χ2v) is 2.81. The van der Waals surface area contributed by atoms with Crippen LogP contribution in [0.5, 0.6) is 0 Å². The highest BCUT2D eigenvalue weighted by Gasteiger charge is 2.13. The molecule has 1 amide bonds. The Hall–Kier alpha value is -1.84. The maximum atomic E-state index is 11.5. The van der Waals surface area contributed by atoms with Gasteiger partial charge in [0.05, 0.1) is 11.3 Å². The summed E-state index contributed by atoms with van der Waals surface area (Å²) in [6.45, 7) is 0. The zero-order chi connectivity index (χ0) is 9.26. The van der Waals surface area contributed by atoms with Crippen molar-refractivity contribution in [1.82, 2.24) is 10.4 Å². The van der Waals surface area contributed by atoms with Crippen molar-refractivity contribution in [2.24, 2.45) is 4.99 Å². The van der Waals surface area contributed by atoms with E-state index in [1.54, 1.807) is 19.5 Å². The number of hydrogen-bond donors (Lipinski definition) is 1. The van der Waals surface area contributed by atoms with Gasteiger partial charge in [-0.05, 0) is 12.1 Å². The van der Waals surface area contributed by atoms with E-state index < -0.39 is 0 Å². The summed E-state index contributed by atoms with van der Waals surface area (Å²) in [5, 5.41) is 1.53. The number of carbonyl (C=O) groups is 1. The third-order valence-corrected chi connectivity index (χ3v) is 1.80. The number of rotatable bonds is 0. The fourth-order valence-corrected chi connectivity index (χ4v) is 1.18. The maximum Gasteiger partial charge on any atom is 0.272 e. The third-order valence-electron chi connectivity index (χ3n) is 1.80. The number of carbonyl (C=O) groups excluding carboxylic acids is 1. The van der Waals surface area contributed by atoms with E-state index in [4.69, 9.17) is 0 Å². The Morgan fingerprint density at radius 1 is 1.38 bits per heavy atom. The van der Waals surface area contributed by atoms with Gasteiger partial charge in [0.15, 0.2) is 0 Å². The predicted octanol–water partition coefficient (Wildman–Crippen LogP) is 0.937. The van der Waals surface area contributed by atoms with E-state index >= 15 is 0 Å². The third kappa shape index (κ3) is 1.38. The first-order valence-electron chi connectivity index (χ1n) is 3.94. The largest absolute Gasteiger partial charge is 0.277 e. The number of para-hydroxylation sites is 1. The van der Waals surface area contributed by atoms with Crippen molar-refractivity contribution in [2.45, 2.75) is 0 Å². The molecular formula is C9H9N3O. The summed E-state index contributed by atoms with van der Waals surface area (Å²) in [4.78, 5) is 15.6. The fraction of sp³-hybridized carbons (Fsp3) is 0.111. The van der Waals surface area contributed by atoms with Gasteiger partial charge in [-0.3, -0.25) is 15.2 Å². The van der Waals surface area contributed by atoms with Crippen LogP contribution < -0.4 is 5.43 Å². The molecule has 0 atom stereocenters. The summed E-state index contributed by atoms with van der Waals surface area (Å²) >= 11 is 0. The van der Waals surface area contributed by atoms with Crippen molar-refractivity contribution in [3.8, 4) is 0 Å². The van der Waals surface area contributed by atoms with Crippen LogP contribution in [0.25, 0.3) is 0 Å². The minimum absolute atomic E-state index is 0.129. The predicted molar refractivity (Wildman–Crippen MR) is 49.8 cm³/mol. The van der Waals surface area contributed by atoms with Crippen molar-refractivity contribution in [1.29, 1.82) is 0 Å². The average Bonchev–Trinajstić information content (AvgIpc) is 2.27. The lowest BCUT2D eigenvalue weighted by Gasteiger charge is -2.10. The molecule has 13 heavy (non-hydrogen) atoms. The van der Waals surface area contributed by atoms with Gasteiger partial charge in [0.25, 0.3) is 5.91 Å². The van der Waals surface area contributed by atoms with Crippen LogP contribution in [-0.2, 0) is 0 Å². The number of hydrazine groups is 1. The van der Waals surface area contributed by atoms with E-state index in [1.807, 2.05) is 18.2 Å². The monoisotopic (exact) mass is 175 g/mol. The number of benzene rings is 1. The standard InChI is InChI=1S/C9H9N3O/c1-12-6-10-8-5-3-2-4-7(8)9(13)11-12/h2-6H,1H3,(H,11,13). The molecule has 0 fully saturated rings. The Balaban J connectivity index is 2.51.